The van der Waals surface area contributed by atoms with Gasteiger partial charge in [-0.15, -0.1) is 0 Å². The van der Waals surface area contributed by atoms with Crippen molar-refractivity contribution in [2.24, 2.45) is 11.7 Å². The van der Waals surface area contributed by atoms with Gasteiger partial charge in [-0.25, -0.2) is 8.78 Å². The number of likely N-dealkylation sites (tertiary alicyclic amines) is 1. The first-order valence-electron chi connectivity index (χ1n) is 10.9. The van der Waals surface area contributed by atoms with Crippen LogP contribution in [0.25, 0.3) is 0 Å². The largest absolute Gasteiger partial charge is 0.489 e. The third-order valence-corrected chi connectivity index (χ3v) is 6.79. The van der Waals surface area contributed by atoms with E-state index >= 15 is 0 Å². The lowest BCUT2D eigenvalue weighted by Gasteiger charge is -2.46. The number of piperidine rings is 1. The normalized spacial score (nSPS) is 23.8. The maximum absolute atomic E-state index is 14.8. The summed E-state index contributed by atoms with van der Waals surface area (Å²) in [7, 11) is 0. The Hall–Kier alpha value is -2.81. The van der Waals surface area contributed by atoms with Gasteiger partial charge in [-0.3, -0.25) is 19.5 Å². The smallest absolute Gasteiger partial charge is 0.257 e. The predicted molar refractivity (Wildman–Crippen MR) is 115 cm³/mol. The van der Waals surface area contributed by atoms with Gasteiger partial charge in [-0.05, 0) is 50.3 Å². The maximum Gasteiger partial charge on any atom is 0.257 e. The number of aromatic nitrogens is 2. The zero-order valence-electron chi connectivity index (χ0n) is 18.2. The van der Waals surface area contributed by atoms with Crippen LogP contribution in [0.4, 0.5) is 8.78 Å². The number of nitrogens with one attached hydrogen (secondary N) is 1. The van der Waals surface area contributed by atoms with E-state index in [-0.39, 0.29) is 24.8 Å². The zero-order valence-corrected chi connectivity index (χ0v) is 18.2. The Morgan fingerprint density at radius 3 is 2.66 bits per heavy atom. The number of H-pyrrole nitrogens is 1. The highest BCUT2D eigenvalue weighted by atomic mass is 19.3. The molecule has 1 amide bonds. The number of amides is 1. The maximum atomic E-state index is 14.8. The summed E-state index contributed by atoms with van der Waals surface area (Å²) < 4.78 is 35.5. The molecule has 2 aromatic rings. The van der Waals surface area contributed by atoms with Crippen LogP contribution in [0.5, 0.6) is 5.75 Å². The number of hydrogen-bond acceptors (Lipinski definition) is 5. The fraction of sp³-hybridized carbons (Fsp3) is 0.522. The molecule has 1 aliphatic heterocycles. The van der Waals surface area contributed by atoms with Crippen LogP contribution in [0, 0.1) is 5.92 Å². The molecule has 2 fully saturated rings. The van der Waals surface area contributed by atoms with Gasteiger partial charge in [0.05, 0.1) is 23.9 Å². The highest BCUT2D eigenvalue weighted by Crippen LogP contribution is 2.43. The van der Waals surface area contributed by atoms with E-state index in [1.807, 2.05) is 6.92 Å². The Morgan fingerprint density at radius 2 is 2.09 bits per heavy atom. The number of rotatable bonds is 7. The van der Waals surface area contributed by atoms with Crippen molar-refractivity contribution in [2.75, 3.05) is 13.1 Å². The number of carbonyl (C=O) groups excluding carboxylic acids is 1. The molecule has 32 heavy (non-hydrogen) atoms. The van der Waals surface area contributed by atoms with E-state index in [4.69, 9.17) is 10.5 Å². The summed E-state index contributed by atoms with van der Waals surface area (Å²) in [6, 6.07) is 6.02. The Bertz CT molecular complexity index is 1020. The van der Waals surface area contributed by atoms with E-state index in [0.717, 1.165) is 12.8 Å². The first kappa shape index (κ1) is 22.4. The Balaban J connectivity index is 1.60. The molecule has 1 saturated carbocycles. The van der Waals surface area contributed by atoms with Gasteiger partial charge < -0.3 is 15.5 Å². The molecule has 3 atom stereocenters. The SMILES string of the molecule is CC(Oc1ccc(C(C)(C(N)=O)N2CCC(F)(F)[C@@H](c3ccc(=O)[nH]c3)C2)nc1)C1CC1. The van der Waals surface area contributed by atoms with Crippen LogP contribution in [0.3, 0.4) is 0 Å². The van der Waals surface area contributed by atoms with Crippen LogP contribution in [-0.2, 0) is 10.3 Å². The van der Waals surface area contributed by atoms with Crippen molar-refractivity contribution in [2.45, 2.75) is 56.6 Å². The van der Waals surface area contributed by atoms with Gasteiger partial charge >= 0.3 is 0 Å². The molecule has 7 nitrogen and oxygen atoms in total. The van der Waals surface area contributed by atoms with Gasteiger partial charge in [0.1, 0.15) is 11.3 Å². The third-order valence-electron chi connectivity index (χ3n) is 6.79. The monoisotopic (exact) mass is 446 g/mol. The van der Waals surface area contributed by atoms with Crippen molar-refractivity contribution in [3.05, 3.63) is 58.3 Å². The summed E-state index contributed by atoms with van der Waals surface area (Å²) in [4.78, 5) is 32.5. The number of pyridine rings is 2. The Morgan fingerprint density at radius 1 is 1.34 bits per heavy atom. The molecule has 1 saturated heterocycles. The van der Waals surface area contributed by atoms with Crippen LogP contribution in [0.1, 0.15) is 50.3 Å². The minimum Gasteiger partial charge on any atom is -0.489 e. The number of carbonyl (C=O) groups is 1. The number of nitrogens with zero attached hydrogens (tertiary/aromatic N) is 2. The molecule has 0 aromatic carbocycles. The molecule has 4 rings (SSSR count). The number of ether oxygens (including phenoxy) is 1. The minimum absolute atomic E-state index is 0.0229. The highest BCUT2D eigenvalue weighted by Gasteiger charge is 2.51. The summed E-state index contributed by atoms with van der Waals surface area (Å²) in [6.07, 6.45) is 4.81. The molecule has 0 spiro atoms. The summed E-state index contributed by atoms with van der Waals surface area (Å²) in [6.45, 7) is 3.49. The van der Waals surface area contributed by atoms with Gasteiger partial charge in [0.2, 0.25) is 11.5 Å². The molecular weight excluding hydrogens is 418 g/mol. The van der Waals surface area contributed by atoms with Gasteiger partial charge in [0.15, 0.2) is 0 Å². The molecular formula is C23H28F2N4O3. The molecule has 3 N–H and O–H groups in total. The standard InChI is InChI=1S/C23H28F2N4O3/c1-14(15-3-4-15)32-17-6-7-19(27-12-17)22(2,21(26)31)29-10-9-23(24,25)18(13-29)16-5-8-20(30)28-11-16/h5-8,11-12,14-15,18H,3-4,9-10,13H2,1-2H3,(H2,26,31)(H,28,30)/t14?,18-,22?/m1/s1. The van der Waals surface area contributed by atoms with Crippen LogP contribution >= 0.6 is 0 Å². The number of hydrogen-bond donors (Lipinski definition) is 2. The fourth-order valence-corrected chi connectivity index (χ4v) is 4.36. The number of nitrogens with two attached hydrogens (primary N) is 1. The van der Waals surface area contributed by atoms with Gasteiger partial charge in [-0.2, -0.15) is 0 Å². The molecule has 0 radical (unpaired) electrons. The van der Waals surface area contributed by atoms with Gasteiger partial charge in [-0.1, -0.05) is 6.07 Å². The molecule has 2 unspecified atom stereocenters. The minimum atomic E-state index is -2.99. The second-order valence-electron chi connectivity index (χ2n) is 8.97. The van der Waals surface area contributed by atoms with Crippen molar-refractivity contribution >= 4 is 5.91 Å². The van der Waals surface area contributed by atoms with E-state index in [1.54, 1.807) is 30.2 Å². The zero-order chi connectivity index (χ0) is 23.1. The van der Waals surface area contributed by atoms with Crippen LogP contribution in [-0.4, -0.2) is 45.9 Å². The van der Waals surface area contributed by atoms with Crippen LogP contribution in [0.15, 0.2) is 41.5 Å². The lowest BCUT2D eigenvalue weighted by atomic mass is 9.83. The van der Waals surface area contributed by atoms with E-state index < -0.39 is 29.7 Å². The van der Waals surface area contributed by atoms with Crippen molar-refractivity contribution in [3.63, 3.8) is 0 Å². The first-order valence-corrected chi connectivity index (χ1v) is 10.9. The Kier molecular flexibility index (Phi) is 5.79. The van der Waals surface area contributed by atoms with Crippen molar-refractivity contribution < 1.29 is 18.3 Å². The number of aromatic amines is 1. The average Bonchev–Trinajstić information content (AvgIpc) is 3.60. The Labute approximate surface area is 185 Å². The van der Waals surface area contributed by atoms with Crippen LogP contribution < -0.4 is 16.0 Å². The molecule has 2 aromatic heterocycles. The molecule has 0 bridgehead atoms. The first-order chi connectivity index (χ1) is 15.1. The lowest BCUT2D eigenvalue weighted by molar-refractivity contribution is -0.139. The fourth-order valence-electron chi connectivity index (χ4n) is 4.36. The number of primary amides is 1. The predicted octanol–water partition coefficient (Wildman–Crippen LogP) is 2.77. The average molecular weight is 446 g/mol. The van der Waals surface area contributed by atoms with Gasteiger partial charge in [0, 0.05) is 31.8 Å². The summed E-state index contributed by atoms with van der Waals surface area (Å²) >= 11 is 0. The van der Waals surface area contributed by atoms with E-state index in [1.165, 1.54) is 18.3 Å². The van der Waals surface area contributed by atoms with Gasteiger partial charge in [0.25, 0.3) is 5.92 Å². The van der Waals surface area contributed by atoms with E-state index in [2.05, 4.69) is 9.97 Å². The molecule has 2 aliphatic rings. The second-order valence-corrected chi connectivity index (χ2v) is 8.97. The summed E-state index contributed by atoms with van der Waals surface area (Å²) in [5.74, 6) is -3.71. The highest BCUT2D eigenvalue weighted by molar-refractivity contribution is 5.85. The van der Waals surface area contributed by atoms with Crippen molar-refractivity contribution in [1.29, 1.82) is 0 Å². The second kappa shape index (κ2) is 8.27. The quantitative estimate of drug-likeness (QED) is 0.681. The topological polar surface area (TPSA) is 101 Å². The third kappa shape index (κ3) is 4.26. The molecule has 3 heterocycles. The molecule has 172 valence electrons. The molecule has 1 aliphatic carbocycles. The number of halogens is 2. The van der Waals surface area contributed by atoms with E-state index in [9.17, 15) is 18.4 Å². The lowest BCUT2D eigenvalue weighted by Crippen LogP contribution is -2.59. The number of alkyl halides is 2. The summed E-state index contributed by atoms with van der Waals surface area (Å²) in [5, 5.41) is 0. The van der Waals surface area contributed by atoms with Crippen molar-refractivity contribution in [3.8, 4) is 5.75 Å². The van der Waals surface area contributed by atoms with Crippen molar-refractivity contribution in [1.82, 2.24) is 14.9 Å². The van der Waals surface area contributed by atoms with E-state index in [0.29, 0.717) is 22.9 Å². The molecule has 9 heteroatoms. The van der Waals surface area contributed by atoms with Crippen LogP contribution in [0.2, 0.25) is 0 Å². The summed E-state index contributed by atoms with van der Waals surface area (Å²) in [5.41, 5.74) is 4.72.